The standard InChI is InChI=1S/C29H31N7O2.C24H19N7O2.2C23H18N8O2/c1-20-8-4-6-10-24(20)26(37)30-28-32-29(31-27(38)25-11-7-5-9-21(25)2)36(33-28)23-14-12-22(13-15-23)35-18-16-34(3)17-19-35;1-16-7-5-6-10-20(16)23(33)27-24-26-22(29-31(24)19-8-3-2-4-9-19)15-21(32)17-11-13-18(14-12-17)28-30-25;1-15-8-5-6-13-19(15)21(33)25-22-27-23(31(29-22)18-11-3-2-4-12-18)26-20(32)16-9-7-10-17(14-16)28-30-24;1-15-7-5-6-10-19(15)21(33)25-22-27-23(31(29-22)18-8-3-2-4-9-18)26-20(32)16-11-13-17(14-12-16)28-30-24/h4-15H,16-19H2,1-3H3,(H2,30,31,32,33,37,38);2-14,25H,15H2,1H3;2*2-14H,1H3,(H2,25,26,27,29,32,33)/p+1. The third kappa shape index (κ3) is 24.5. The maximum atomic E-state index is 13.1. The molecule has 1 aliphatic rings. The monoisotopic (exact) mass is 1820 g/mol. The molecule has 0 spiro atoms. The van der Waals surface area contributed by atoms with Crippen molar-refractivity contribution in [3.05, 3.63) is 408 Å². The van der Waals surface area contributed by atoms with E-state index in [0.29, 0.717) is 78.8 Å². The van der Waals surface area contributed by atoms with Crippen molar-refractivity contribution in [1.82, 2.24) is 68.9 Å². The zero-order valence-corrected chi connectivity index (χ0v) is 74.6. The first kappa shape index (κ1) is 94.0. The number of aromatic nitrogens is 12. The average molecular weight is 1820 g/mol. The largest absolute Gasteiger partial charge is 0.369 e. The van der Waals surface area contributed by atoms with Gasteiger partial charge in [0.1, 0.15) is 5.53 Å². The van der Waals surface area contributed by atoms with Crippen LogP contribution in [0, 0.1) is 40.1 Å². The molecule has 137 heavy (non-hydrogen) atoms. The Morgan fingerprint density at radius 1 is 0.314 bits per heavy atom. The molecule has 680 valence electrons. The molecule has 7 amide bonds. The summed E-state index contributed by atoms with van der Waals surface area (Å²) < 4.78 is 5.90. The lowest BCUT2D eigenvalue weighted by Gasteiger charge is -2.34. The van der Waals surface area contributed by atoms with Crippen molar-refractivity contribution in [3.63, 3.8) is 0 Å². The molecule has 0 atom stereocenters. The molecule has 8 N–H and O–H groups in total. The lowest BCUT2D eigenvalue weighted by atomic mass is 10.1. The van der Waals surface area contributed by atoms with Gasteiger partial charge in [-0.3, -0.25) is 75.6 Å². The fourth-order valence-corrected chi connectivity index (χ4v) is 14.0. The van der Waals surface area contributed by atoms with Crippen LogP contribution in [0.4, 0.5) is 64.4 Å². The van der Waals surface area contributed by atoms with Crippen molar-refractivity contribution in [1.29, 1.82) is 5.53 Å². The molecule has 38 heteroatoms. The van der Waals surface area contributed by atoms with Crippen molar-refractivity contribution in [2.45, 2.75) is 41.0 Å². The van der Waals surface area contributed by atoms with Gasteiger partial charge in [0.05, 0.1) is 29.2 Å². The number of hydrogen-bond donors (Lipinski definition) is 8. The van der Waals surface area contributed by atoms with Crippen LogP contribution in [-0.4, -0.2) is 144 Å². The fourth-order valence-electron chi connectivity index (χ4n) is 14.0. The number of nitrogens with zero attached hydrogens (tertiary/aromatic N) is 22. The quantitative estimate of drug-likeness (QED) is 0.0114. The minimum Gasteiger partial charge on any atom is -0.369 e. The Hall–Kier alpha value is -19.1. The molecule has 0 unspecified atom stereocenters. The number of anilines is 8. The van der Waals surface area contributed by atoms with Crippen molar-refractivity contribution in [2.24, 2.45) is 15.3 Å². The Kier molecular flexibility index (Phi) is 30.8. The van der Waals surface area contributed by atoms with E-state index in [4.69, 9.17) is 16.6 Å². The highest BCUT2D eigenvalue weighted by Crippen LogP contribution is 2.28. The van der Waals surface area contributed by atoms with Crippen LogP contribution >= 0.6 is 0 Å². The molecule has 0 saturated carbocycles. The molecule has 12 aromatic carbocycles. The first-order valence-corrected chi connectivity index (χ1v) is 42.6. The highest BCUT2D eigenvalue weighted by molar-refractivity contribution is 6.09. The number of likely N-dealkylation sites (N-methyl/N-ethyl adjacent to an activating group) is 1. The number of piperazine rings is 1. The number of azide groups is 2. The molecule has 1 aliphatic heterocycles. The summed E-state index contributed by atoms with van der Waals surface area (Å²) in [5.74, 6) is -1.63. The van der Waals surface area contributed by atoms with Crippen LogP contribution in [0.3, 0.4) is 0 Å². The third-order valence-electron chi connectivity index (χ3n) is 21.2. The van der Waals surface area contributed by atoms with E-state index < -0.39 is 11.8 Å². The van der Waals surface area contributed by atoms with Gasteiger partial charge in [-0.2, -0.15) is 38.7 Å². The van der Waals surface area contributed by atoms with Gasteiger partial charge in [0.2, 0.25) is 28.7 Å². The van der Waals surface area contributed by atoms with Gasteiger partial charge in [0.25, 0.3) is 59.2 Å². The summed E-state index contributed by atoms with van der Waals surface area (Å²) in [6.45, 7) is 13.2. The van der Waals surface area contributed by atoms with Crippen LogP contribution in [0.2, 0.25) is 0 Å². The van der Waals surface area contributed by atoms with Gasteiger partial charge in [-0.05, 0) is 220 Å². The number of amides is 7. The van der Waals surface area contributed by atoms with Crippen molar-refractivity contribution in [2.75, 3.05) is 75.3 Å². The molecule has 0 aliphatic carbocycles. The summed E-state index contributed by atoms with van der Waals surface area (Å²) in [5, 5.41) is 47.6. The van der Waals surface area contributed by atoms with Crippen LogP contribution in [0.1, 0.15) is 117 Å². The Morgan fingerprint density at radius 3 is 1.01 bits per heavy atom. The zero-order chi connectivity index (χ0) is 96.3. The van der Waals surface area contributed by atoms with Gasteiger partial charge in [-0.15, -0.1) is 20.4 Å². The maximum Gasteiger partial charge on any atom is 0.258 e. The molecule has 17 rings (SSSR count). The van der Waals surface area contributed by atoms with E-state index >= 15 is 0 Å². The van der Waals surface area contributed by atoms with Crippen LogP contribution in [-0.2, 0) is 6.42 Å². The molecule has 16 aromatic rings. The van der Waals surface area contributed by atoms with Crippen LogP contribution in [0.15, 0.2) is 325 Å². The number of Topliss-reactive ketones (excluding diaryl/α,β-unsaturated/α-hetero) is 1. The van der Waals surface area contributed by atoms with Crippen molar-refractivity contribution >= 4 is 112 Å². The average Bonchev–Trinajstić information content (AvgIpc) is 1.65. The van der Waals surface area contributed by atoms with Crippen molar-refractivity contribution in [3.8, 4) is 22.7 Å². The fraction of sp³-hybridized carbons (Fsp3) is 0.111. The predicted molar refractivity (Wildman–Crippen MR) is 519 cm³/mol. The first-order chi connectivity index (χ1) is 66.5. The van der Waals surface area contributed by atoms with Gasteiger partial charge >= 0.3 is 0 Å². The predicted octanol–water partition coefficient (Wildman–Crippen LogP) is 18.6. The zero-order valence-electron chi connectivity index (χ0n) is 74.6. The van der Waals surface area contributed by atoms with Gasteiger partial charge < -0.3 is 9.80 Å². The number of carbonyl (C=O) groups is 8. The summed E-state index contributed by atoms with van der Waals surface area (Å²) in [6.07, 6.45) is -0.0492. The van der Waals surface area contributed by atoms with E-state index in [2.05, 4.69) is 124 Å². The van der Waals surface area contributed by atoms with E-state index in [0.717, 1.165) is 59.7 Å². The minimum atomic E-state index is -0.480. The number of nitrogens with one attached hydrogen (secondary N) is 8. The minimum absolute atomic E-state index is 0.0326. The molecule has 5 heterocycles. The topological polar surface area (TPSA) is 498 Å². The number of aryl methyl sites for hydroxylation is 5. The number of hydrogen-bond acceptors (Lipinski definition) is 22. The van der Waals surface area contributed by atoms with E-state index in [1.54, 1.807) is 115 Å². The second-order valence-corrected chi connectivity index (χ2v) is 30.7. The lowest BCUT2D eigenvalue weighted by molar-refractivity contribution is 0.0985. The number of carbonyl (C=O) groups excluding carboxylic acids is 8. The summed E-state index contributed by atoms with van der Waals surface area (Å²) in [5.41, 5.74) is 36.7. The Morgan fingerprint density at radius 2 is 0.628 bits per heavy atom. The molecule has 38 nitrogen and oxygen atoms in total. The molecular formula is C99H87N30O8+. The Balaban J connectivity index is 0.000000146. The van der Waals surface area contributed by atoms with Crippen molar-refractivity contribution < 1.29 is 38.4 Å². The number of benzene rings is 12. The van der Waals surface area contributed by atoms with Crippen LogP contribution in [0.25, 0.3) is 43.6 Å². The maximum absolute atomic E-state index is 13.1. The van der Waals surface area contributed by atoms with Gasteiger partial charge in [-0.1, -0.05) is 180 Å². The van der Waals surface area contributed by atoms with Crippen LogP contribution in [0.5, 0.6) is 0 Å². The van der Waals surface area contributed by atoms with E-state index in [1.165, 1.54) is 49.1 Å². The lowest BCUT2D eigenvalue weighted by Crippen LogP contribution is -2.44. The molecule has 0 radical (unpaired) electrons. The van der Waals surface area contributed by atoms with Gasteiger partial charge in [0.15, 0.2) is 22.4 Å². The first-order valence-electron chi connectivity index (χ1n) is 42.6. The SMILES string of the molecule is Cc1ccccc1C(=O)Nc1nc(CC(=O)c2ccc(N=[N+]=N)cc2)nn1-c1ccccc1.Cc1ccccc1C(=O)Nc1nc(NC(=O)c2ccc(N=[N+]=[N-])cc2)n(-c2ccccc2)n1.Cc1ccccc1C(=O)Nc1nc(NC(=O)c2cccc(N=[N+]=[N-])c2)n(-c2ccccc2)n1.Cc1ccccc1C(=O)Nc1nc(NC(=O)c2ccccc2C)n(-c2ccc(N3CCN(C)CC3)cc2)n1. The second-order valence-electron chi connectivity index (χ2n) is 30.7. The number of para-hydroxylation sites is 3. The molecule has 1 fully saturated rings. The summed E-state index contributed by atoms with van der Waals surface area (Å²) >= 11 is 0. The van der Waals surface area contributed by atoms with E-state index in [-0.39, 0.29) is 94.8 Å². The normalized spacial score (nSPS) is 11.2. The molecule has 4 aromatic heterocycles. The molecular weight excluding hydrogens is 1740 g/mol. The van der Waals surface area contributed by atoms with Gasteiger partial charge in [-0.25, -0.2) is 0 Å². The van der Waals surface area contributed by atoms with Gasteiger partial charge in [0, 0.05) is 97.6 Å². The highest BCUT2D eigenvalue weighted by atomic mass is 16.2. The third-order valence-corrected chi connectivity index (χ3v) is 21.2. The smallest absolute Gasteiger partial charge is 0.258 e. The Bertz CT molecular complexity index is 7260. The Labute approximate surface area is 783 Å². The highest BCUT2D eigenvalue weighted by Gasteiger charge is 2.26. The van der Waals surface area contributed by atoms with E-state index in [9.17, 15) is 38.4 Å². The molecule has 0 bridgehead atoms. The summed E-state index contributed by atoms with van der Waals surface area (Å²) in [6, 6.07) is 90.4. The molecule has 1 saturated heterocycles. The van der Waals surface area contributed by atoms with Crippen LogP contribution < -0.4 is 47.0 Å². The number of rotatable bonds is 25. The number of ketones is 1. The summed E-state index contributed by atoms with van der Waals surface area (Å²) in [7, 11) is 2.13. The second kappa shape index (κ2) is 44.9. The summed E-state index contributed by atoms with van der Waals surface area (Å²) in [4.78, 5) is 133. The van der Waals surface area contributed by atoms with E-state index in [1.807, 2.05) is 198 Å².